The summed E-state index contributed by atoms with van der Waals surface area (Å²) < 4.78 is 18.3. The monoisotopic (exact) mass is 1080 g/mol. The van der Waals surface area contributed by atoms with Gasteiger partial charge in [0.05, 0.1) is 43.2 Å². The summed E-state index contributed by atoms with van der Waals surface area (Å²) in [6.45, 7) is 14.3. The smallest absolute Gasteiger partial charge is 0.410 e. The van der Waals surface area contributed by atoms with Crippen molar-refractivity contribution in [2.45, 2.75) is 147 Å². The molecule has 10 atom stereocenters. The third-order valence-corrected chi connectivity index (χ3v) is 17.4. The topological polar surface area (TPSA) is 176 Å². The van der Waals surface area contributed by atoms with Crippen molar-refractivity contribution in [3.8, 4) is 11.1 Å². The number of ether oxygens (including phenoxy) is 3. The number of carbonyl (C=O) groups excluding carboxylic acids is 6. The van der Waals surface area contributed by atoms with Crippen molar-refractivity contribution in [2.75, 3.05) is 41.5 Å². The molecule has 0 radical (unpaired) electrons. The summed E-state index contributed by atoms with van der Waals surface area (Å²) in [7, 11) is 6.32. The van der Waals surface area contributed by atoms with Gasteiger partial charge in [0.1, 0.15) is 30.8 Å². The van der Waals surface area contributed by atoms with Gasteiger partial charge in [-0.15, -0.1) is 0 Å². The van der Waals surface area contributed by atoms with E-state index in [4.69, 9.17) is 19.0 Å². The number of hydroxylamine groups is 2. The summed E-state index contributed by atoms with van der Waals surface area (Å²) in [6.07, 6.45) is 0.167. The Balaban J connectivity index is 0.923. The van der Waals surface area contributed by atoms with Crippen LogP contribution >= 0.6 is 0 Å². The molecule has 1 saturated heterocycles. The fourth-order valence-electron chi connectivity index (χ4n) is 12.7. The number of methoxy groups -OCH3 is 2. The highest BCUT2D eigenvalue weighted by Crippen LogP contribution is 2.53. The van der Waals surface area contributed by atoms with E-state index in [1.165, 1.54) is 17.1 Å². The molecule has 8 rings (SSSR count). The molecule has 4 aromatic carbocycles. The maximum Gasteiger partial charge on any atom is 0.410 e. The highest BCUT2D eigenvalue weighted by Gasteiger charge is 2.64. The van der Waals surface area contributed by atoms with Gasteiger partial charge >= 0.3 is 6.09 Å². The van der Waals surface area contributed by atoms with Gasteiger partial charge in [-0.3, -0.25) is 33.7 Å². The fourth-order valence-corrected chi connectivity index (χ4v) is 12.7. The van der Waals surface area contributed by atoms with Crippen LogP contribution in [0.3, 0.4) is 0 Å². The van der Waals surface area contributed by atoms with Crippen LogP contribution in [-0.2, 0) is 56.2 Å². The van der Waals surface area contributed by atoms with Gasteiger partial charge in [-0.05, 0) is 76.0 Å². The largest absolute Gasteiger partial charge is 0.448 e. The second kappa shape index (κ2) is 25.2. The zero-order valence-corrected chi connectivity index (χ0v) is 48.0. The van der Waals surface area contributed by atoms with E-state index < -0.39 is 59.8 Å². The molecule has 0 bridgehead atoms. The summed E-state index contributed by atoms with van der Waals surface area (Å²) in [4.78, 5) is 97.7. The lowest BCUT2D eigenvalue weighted by molar-refractivity contribution is -0.204. The molecule has 16 heteroatoms. The third-order valence-electron chi connectivity index (χ3n) is 17.4. The summed E-state index contributed by atoms with van der Waals surface area (Å²) in [5, 5.41) is 7.59. The second-order valence-electron chi connectivity index (χ2n) is 22.9. The molecular weight excluding hydrogens is 1000 g/mol. The van der Waals surface area contributed by atoms with E-state index in [1.807, 2.05) is 120 Å². The average Bonchev–Trinajstić information content (AvgIpc) is 3.66. The minimum Gasteiger partial charge on any atom is -0.448 e. The van der Waals surface area contributed by atoms with Crippen molar-refractivity contribution in [1.29, 1.82) is 0 Å². The Kier molecular flexibility index (Phi) is 18.7. The van der Waals surface area contributed by atoms with E-state index in [1.54, 1.807) is 37.9 Å². The maximum absolute atomic E-state index is 14.9. The van der Waals surface area contributed by atoms with Crippen molar-refractivity contribution < 1.29 is 47.8 Å². The van der Waals surface area contributed by atoms with Gasteiger partial charge in [0.2, 0.25) is 23.6 Å². The molecule has 1 saturated carbocycles. The number of nitrogens with zero attached hydrogens (tertiary/aromatic N) is 4. The molecule has 4 aromatic rings. The summed E-state index contributed by atoms with van der Waals surface area (Å²) in [5.74, 6) is -3.74. The highest BCUT2D eigenvalue weighted by atomic mass is 16.7. The summed E-state index contributed by atoms with van der Waals surface area (Å²) >= 11 is 0. The van der Waals surface area contributed by atoms with Crippen LogP contribution in [-0.4, -0.2) is 139 Å². The Hall–Kier alpha value is -6.62. The Morgan fingerprint density at radius 2 is 1.38 bits per heavy atom. The first-order valence-electron chi connectivity index (χ1n) is 28.3. The van der Waals surface area contributed by atoms with Crippen molar-refractivity contribution in [3.05, 3.63) is 131 Å². The molecule has 2 N–H and O–H groups in total. The predicted molar refractivity (Wildman–Crippen MR) is 301 cm³/mol. The van der Waals surface area contributed by atoms with Crippen molar-refractivity contribution in [2.24, 2.45) is 23.7 Å². The fraction of sp³-hybridized carbons (Fsp3) is 0.524. The summed E-state index contributed by atoms with van der Waals surface area (Å²) in [5.41, 5.74) is 6.07. The minimum absolute atomic E-state index is 0.0645. The molecule has 2 aliphatic carbocycles. The first-order valence-corrected chi connectivity index (χ1v) is 28.3. The molecule has 4 aliphatic rings. The van der Waals surface area contributed by atoms with Crippen molar-refractivity contribution in [1.82, 2.24) is 30.4 Å². The normalized spacial score (nSPS) is 21.1. The van der Waals surface area contributed by atoms with Crippen LogP contribution in [0.15, 0.2) is 103 Å². The number of carbonyl (C=O) groups is 6. The van der Waals surface area contributed by atoms with E-state index in [0.717, 1.165) is 38.9 Å². The Morgan fingerprint density at radius 3 is 1.99 bits per heavy atom. The van der Waals surface area contributed by atoms with Gasteiger partial charge in [0, 0.05) is 46.7 Å². The molecule has 79 heavy (non-hydrogen) atoms. The molecule has 0 spiro atoms. The molecule has 0 unspecified atom stereocenters. The molecule has 6 amide bonds. The molecule has 424 valence electrons. The molecule has 16 nitrogen and oxygen atoms in total. The number of likely N-dealkylation sites (N-methyl/N-ethyl adjacent to an activating group) is 2. The van der Waals surface area contributed by atoms with Gasteiger partial charge in [0.15, 0.2) is 0 Å². The van der Waals surface area contributed by atoms with Gasteiger partial charge in [0.25, 0.3) is 5.91 Å². The number of hydrogen-bond donors (Lipinski definition) is 2. The number of rotatable bonds is 22. The van der Waals surface area contributed by atoms with Crippen molar-refractivity contribution >= 4 is 35.6 Å². The number of benzene rings is 4. The zero-order valence-electron chi connectivity index (χ0n) is 48.0. The lowest BCUT2D eigenvalue weighted by Gasteiger charge is -2.41. The molecule has 2 fully saturated rings. The van der Waals surface area contributed by atoms with Crippen LogP contribution in [0.4, 0.5) is 4.79 Å². The highest BCUT2D eigenvalue weighted by molar-refractivity contribution is 5.96. The van der Waals surface area contributed by atoms with E-state index in [2.05, 4.69) is 34.9 Å². The van der Waals surface area contributed by atoms with Crippen LogP contribution in [0.1, 0.15) is 120 Å². The quantitative estimate of drug-likeness (QED) is 0.0777. The van der Waals surface area contributed by atoms with E-state index in [-0.39, 0.29) is 79.4 Å². The van der Waals surface area contributed by atoms with Crippen LogP contribution in [0.5, 0.6) is 0 Å². The lowest BCUT2D eigenvalue weighted by Crippen LogP contribution is -2.60. The number of amides is 6. The SMILES string of the molecule is CC[C@H](C)[C@@H]([C@@H](CC(=O)N1CCC[C@H]1[C@H](OC)[C@@H](C)C(=O)N[C@@]1(C(=O)N2Cc3ccccc3CO2)C[C@@H]1c1ccccc1)OC)N(C)C(=O)[C@@H](NC(=O)[C@H](C(C)C)N(C)C(=O)OCC1c2ccccc2-c2ccccc21)C(C)C. The molecule has 2 heterocycles. The van der Waals surface area contributed by atoms with Gasteiger partial charge in [-0.1, -0.05) is 158 Å². The molecule has 0 aromatic heterocycles. The number of nitrogens with one attached hydrogen (secondary N) is 2. The van der Waals surface area contributed by atoms with Crippen LogP contribution in [0.2, 0.25) is 0 Å². The standard InChI is InChI=1S/C63H82N6O10/c1-12-40(6)56(66(8)60(73)54(38(2)3)64-59(72)55(39(4)5)67(9)62(75)78-37-49-47-29-20-18-27-45(47)46-28-19-21-30-48(46)49)52(76-10)33-53(70)68-32-22-31-51(68)57(77-11)41(7)58(71)65-63(34-50(63)42-23-14-13-15-24-42)61(74)69-35-43-25-16-17-26-44(43)36-79-69/h13-21,23-30,38-41,49-52,54-57H,12,22,31-37H2,1-11H3,(H,64,72)(H,65,71)/t40-,41+,50+,51-,52+,54-,55-,56-,57+,63-/m0/s1. The average molecular weight is 1080 g/mol. The maximum atomic E-state index is 14.9. The third kappa shape index (κ3) is 12.1. The molecular formula is C63H82N6O10. The predicted octanol–water partition coefficient (Wildman–Crippen LogP) is 8.47. The number of likely N-dealkylation sites (tertiary alicyclic amines) is 1. The van der Waals surface area contributed by atoms with E-state index >= 15 is 0 Å². The van der Waals surface area contributed by atoms with Gasteiger partial charge in [-0.25, -0.2) is 9.86 Å². The lowest BCUT2D eigenvalue weighted by atomic mass is 9.89. The Bertz CT molecular complexity index is 2780. The van der Waals surface area contributed by atoms with E-state index in [0.29, 0.717) is 32.2 Å². The van der Waals surface area contributed by atoms with Gasteiger partial charge in [-0.2, -0.15) is 0 Å². The van der Waals surface area contributed by atoms with Crippen LogP contribution in [0.25, 0.3) is 11.1 Å². The first kappa shape index (κ1) is 58.5. The first-order chi connectivity index (χ1) is 37.9. The number of fused-ring (bicyclic) bond motifs is 4. The Labute approximate surface area is 466 Å². The Morgan fingerprint density at radius 1 is 0.759 bits per heavy atom. The van der Waals surface area contributed by atoms with Crippen molar-refractivity contribution in [3.63, 3.8) is 0 Å². The van der Waals surface area contributed by atoms with Gasteiger partial charge < -0.3 is 34.6 Å². The summed E-state index contributed by atoms with van der Waals surface area (Å²) in [6, 6.07) is 30.7. The zero-order chi connectivity index (χ0) is 56.9. The van der Waals surface area contributed by atoms with Crippen LogP contribution < -0.4 is 10.6 Å². The van der Waals surface area contributed by atoms with Crippen LogP contribution in [0, 0.1) is 23.7 Å². The van der Waals surface area contributed by atoms with E-state index in [9.17, 15) is 28.8 Å². The second-order valence-corrected chi connectivity index (χ2v) is 22.9. The molecule has 2 aliphatic heterocycles. The number of hydrogen-bond acceptors (Lipinski definition) is 10. The minimum atomic E-state index is -1.24.